The summed E-state index contributed by atoms with van der Waals surface area (Å²) >= 11 is 0. The second-order valence-corrected chi connectivity index (χ2v) is 8.12. The molecule has 0 aliphatic rings. The molecule has 114 valence electrons. The van der Waals surface area contributed by atoms with Gasteiger partial charge in [0.25, 0.3) is 0 Å². The molecule has 0 spiro atoms. The van der Waals surface area contributed by atoms with E-state index in [9.17, 15) is 4.39 Å². The molecule has 0 aliphatic heterocycles. The Morgan fingerprint density at radius 3 is 2.30 bits per heavy atom. The Morgan fingerprint density at radius 2 is 1.75 bits per heavy atom. The molecular weight excluding hydrogens is 266 g/mol. The van der Waals surface area contributed by atoms with E-state index < -0.39 is 7.92 Å². The first kappa shape index (κ1) is 17.6. The van der Waals surface area contributed by atoms with Crippen molar-refractivity contribution in [2.45, 2.75) is 52.9 Å². The normalized spacial score (nSPS) is 15.8. The summed E-state index contributed by atoms with van der Waals surface area (Å²) in [4.78, 5) is 0. The summed E-state index contributed by atoms with van der Waals surface area (Å²) in [6.45, 7) is 6.86. The van der Waals surface area contributed by atoms with E-state index in [1.54, 1.807) is 0 Å². The van der Waals surface area contributed by atoms with Crippen molar-refractivity contribution in [3.8, 4) is 0 Å². The van der Waals surface area contributed by atoms with Crippen molar-refractivity contribution in [3.05, 3.63) is 30.3 Å². The first-order chi connectivity index (χ1) is 9.71. The fraction of sp³-hybridized carbons (Fsp3) is 0.667. The Balaban J connectivity index is 2.41. The molecule has 0 heterocycles. The average molecular weight is 296 g/mol. The van der Waals surface area contributed by atoms with Gasteiger partial charge in [-0.15, -0.1) is 0 Å². The summed E-state index contributed by atoms with van der Waals surface area (Å²) in [6, 6.07) is 10.2. The Hall–Kier alpha value is -0.420. The van der Waals surface area contributed by atoms with Crippen molar-refractivity contribution in [3.63, 3.8) is 0 Å². The number of rotatable bonds is 10. The highest BCUT2D eigenvalue weighted by atomic mass is 31.1. The molecule has 1 rings (SSSR count). The Labute approximate surface area is 125 Å². The molecule has 3 unspecified atom stereocenters. The zero-order chi connectivity index (χ0) is 14.8. The maximum Gasteiger partial charge on any atom is 0.113 e. The third-order valence-electron chi connectivity index (χ3n) is 4.14. The molecule has 3 atom stereocenters. The van der Waals surface area contributed by atoms with Crippen LogP contribution in [0.5, 0.6) is 0 Å². The lowest BCUT2D eigenvalue weighted by atomic mass is 9.92. The van der Waals surface area contributed by atoms with Crippen molar-refractivity contribution in [2.75, 3.05) is 12.6 Å². The maximum atomic E-state index is 13.3. The molecule has 0 N–H and O–H groups in total. The van der Waals surface area contributed by atoms with Gasteiger partial charge < -0.3 is 0 Å². The van der Waals surface area contributed by atoms with E-state index in [2.05, 4.69) is 32.9 Å². The van der Waals surface area contributed by atoms with E-state index in [0.717, 1.165) is 12.1 Å². The Morgan fingerprint density at radius 1 is 1.05 bits per heavy atom. The number of benzene rings is 1. The molecule has 0 amide bonds. The fourth-order valence-corrected chi connectivity index (χ4v) is 4.79. The van der Waals surface area contributed by atoms with Crippen LogP contribution in [0.1, 0.15) is 52.9 Å². The molecule has 0 aliphatic carbocycles. The summed E-state index contributed by atoms with van der Waals surface area (Å²) in [5.74, 6) is 1.51. The SMILES string of the molecule is CCCC(CC)CCC(C)CP(CF)c1ccccc1. The monoisotopic (exact) mass is 296 g/mol. The summed E-state index contributed by atoms with van der Waals surface area (Å²) < 4.78 is 13.3. The third-order valence-corrected chi connectivity index (χ3v) is 6.52. The van der Waals surface area contributed by atoms with Crippen LogP contribution < -0.4 is 5.30 Å². The molecule has 0 aromatic heterocycles. The first-order valence-electron chi connectivity index (χ1n) is 8.07. The lowest BCUT2D eigenvalue weighted by molar-refractivity contribution is 0.389. The van der Waals surface area contributed by atoms with Gasteiger partial charge in [-0.3, -0.25) is 0 Å². The quantitative estimate of drug-likeness (QED) is 0.467. The molecule has 1 aromatic rings. The summed E-state index contributed by atoms with van der Waals surface area (Å²) in [5, 5.41) is 1.22. The van der Waals surface area contributed by atoms with Crippen molar-refractivity contribution >= 4 is 13.2 Å². The number of halogens is 1. The van der Waals surface area contributed by atoms with Crippen LogP contribution in [0.25, 0.3) is 0 Å². The highest BCUT2D eigenvalue weighted by Gasteiger charge is 2.16. The van der Waals surface area contributed by atoms with Gasteiger partial charge in [0.2, 0.25) is 0 Å². The predicted octanol–water partition coefficient (Wildman–Crippen LogP) is 5.96. The Bertz CT molecular complexity index is 339. The minimum absolute atomic E-state index is 0.171. The number of hydrogen-bond donors (Lipinski definition) is 0. The minimum Gasteiger partial charge on any atom is -0.246 e. The van der Waals surface area contributed by atoms with Crippen LogP contribution in [0.15, 0.2) is 30.3 Å². The second-order valence-electron chi connectivity index (χ2n) is 5.92. The largest absolute Gasteiger partial charge is 0.246 e. The summed E-state index contributed by atoms with van der Waals surface area (Å²) in [6.07, 6.45) is 7.36. The molecule has 2 heteroatoms. The molecule has 0 radical (unpaired) electrons. The third kappa shape index (κ3) is 6.35. The van der Waals surface area contributed by atoms with E-state index in [1.165, 1.54) is 37.4 Å². The summed E-state index contributed by atoms with van der Waals surface area (Å²) in [7, 11) is -0.603. The second kappa shape index (κ2) is 10.3. The highest BCUT2D eigenvalue weighted by Crippen LogP contribution is 2.38. The molecular formula is C18H30FP. The molecule has 20 heavy (non-hydrogen) atoms. The number of alkyl halides is 1. The molecule has 0 saturated heterocycles. The van der Waals surface area contributed by atoms with Gasteiger partial charge >= 0.3 is 0 Å². The maximum absolute atomic E-state index is 13.3. The van der Waals surface area contributed by atoms with Crippen LogP contribution in [0.4, 0.5) is 4.39 Å². The van der Waals surface area contributed by atoms with Gasteiger partial charge in [0.15, 0.2) is 0 Å². The minimum atomic E-state index is -0.603. The standard InChI is InChI=1S/C18H30FP/c1-4-9-17(5-2)13-12-16(3)14-20(15-19)18-10-7-6-8-11-18/h6-8,10-11,16-17H,4-5,9,12-15H2,1-3H3. The molecule has 0 fully saturated rings. The van der Waals surface area contributed by atoms with E-state index >= 15 is 0 Å². The molecule has 1 aromatic carbocycles. The van der Waals surface area contributed by atoms with Gasteiger partial charge in [0, 0.05) is 0 Å². The van der Waals surface area contributed by atoms with E-state index in [-0.39, 0.29) is 6.42 Å². The van der Waals surface area contributed by atoms with Gasteiger partial charge in [0.1, 0.15) is 6.42 Å². The van der Waals surface area contributed by atoms with Crippen molar-refractivity contribution in [2.24, 2.45) is 11.8 Å². The van der Waals surface area contributed by atoms with Crippen LogP contribution in [0.2, 0.25) is 0 Å². The first-order valence-corrected chi connectivity index (χ1v) is 9.78. The summed E-state index contributed by atoms with van der Waals surface area (Å²) in [5.41, 5.74) is 0. The average Bonchev–Trinajstić information content (AvgIpc) is 2.49. The fourth-order valence-electron chi connectivity index (χ4n) is 2.81. The highest BCUT2D eigenvalue weighted by molar-refractivity contribution is 7.65. The van der Waals surface area contributed by atoms with Crippen molar-refractivity contribution in [1.82, 2.24) is 0 Å². The van der Waals surface area contributed by atoms with Gasteiger partial charge in [-0.25, -0.2) is 4.39 Å². The zero-order valence-corrected chi connectivity index (χ0v) is 14.2. The smallest absolute Gasteiger partial charge is 0.113 e. The molecule has 0 bridgehead atoms. The van der Waals surface area contributed by atoms with Crippen LogP contribution in [-0.4, -0.2) is 12.6 Å². The Kier molecular flexibility index (Phi) is 9.10. The topological polar surface area (TPSA) is 0 Å². The van der Waals surface area contributed by atoms with Gasteiger partial charge in [-0.1, -0.05) is 83.2 Å². The van der Waals surface area contributed by atoms with E-state index in [0.29, 0.717) is 5.92 Å². The lowest BCUT2D eigenvalue weighted by Crippen LogP contribution is -2.11. The van der Waals surface area contributed by atoms with Crippen LogP contribution in [0, 0.1) is 11.8 Å². The predicted molar refractivity (Wildman–Crippen MR) is 90.9 cm³/mol. The zero-order valence-electron chi connectivity index (χ0n) is 13.3. The van der Waals surface area contributed by atoms with Gasteiger partial charge in [-0.05, 0) is 31.2 Å². The van der Waals surface area contributed by atoms with Crippen molar-refractivity contribution in [1.29, 1.82) is 0 Å². The van der Waals surface area contributed by atoms with E-state index in [1.807, 2.05) is 18.2 Å². The van der Waals surface area contributed by atoms with Crippen LogP contribution in [0.3, 0.4) is 0 Å². The van der Waals surface area contributed by atoms with Gasteiger partial charge in [0.05, 0.1) is 0 Å². The van der Waals surface area contributed by atoms with Gasteiger partial charge in [-0.2, -0.15) is 0 Å². The van der Waals surface area contributed by atoms with Crippen LogP contribution >= 0.6 is 7.92 Å². The molecule has 0 nitrogen and oxygen atoms in total. The molecule has 0 saturated carbocycles. The van der Waals surface area contributed by atoms with Crippen molar-refractivity contribution < 1.29 is 4.39 Å². The lowest BCUT2D eigenvalue weighted by Gasteiger charge is -2.21. The number of hydrogen-bond acceptors (Lipinski definition) is 0. The van der Waals surface area contributed by atoms with Crippen LogP contribution in [-0.2, 0) is 0 Å². The van der Waals surface area contributed by atoms with E-state index in [4.69, 9.17) is 0 Å².